The Balaban J connectivity index is 1.72. The van der Waals surface area contributed by atoms with Crippen LogP contribution in [0.1, 0.15) is 18.9 Å². The second-order valence-corrected chi connectivity index (χ2v) is 5.40. The molecule has 0 spiro atoms. The van der Waals surface area contributed by atoms with E-state index in [9.17, 15) is 14.0 Å². The number of carbonyl (C=O) groups excluding carboxylic acids is 2. The van der Waals surface area contributed by atoms with E-state index in [1.165, 1.54) is 12.1 Å². The van der Waals surface area contributed by atoms with Crippen molar-refractivity contribution in [3.63, 3.8) is 0 Å². The topological polar surface area (TPSA) is 52.7 Å². The summed E-state index contributed by atoms with van der Waals surface area (Å²) in [7, 11) is 0. The zero-order valence-corrected chi connectivity index (χ0v) is 12.8. The van der Waals surface area contributed by atoms with Crippen LogP contribution in [0, 0.1) is 5.82 Å². The molecule has 1 aliphatic rings. The van der Waals surface area contributed by atoms with Gasteiger partial charge >= 0.3 is 0 Å². The van der Waals surface area contributed by atoms with Crippen LogP contribution in [0.25, 0.3) is 0 Å². The predicted molar refractivity (Wildman–Crippen MR) is 81.6 cm³/mol. The van der Waals surface area contributed by atoms with Crippen LogP contribution in [0.5, 0.6) is 0 Å². The van der Waals surface area contributed by atoms with Crippen molar-refractivity contribution >= 4 is 11.8 Å². The highest BCUT2D eigenvalue weighted by molar-refractivity contribution is 5.96. The lowest BCUT2D eigenvalue weighted by Gasteiger charge is -2.33. The molecule has 0 bridgehead atoms. The standard InChI is InChI=1S/C16H22FN3O2/c1-2-19-7-9-20(10-8-19)16(22)11-15(21)18-12-13-3-5-14(17)6-4-13/h3-6H,2,7-12H2,1H3,(H,18,21). The van der Waals surface area contributed by atoms with E-state index in [0.717, 1.165) is 25.2 Å². The maximum absolute atomic E-state index is 12.8. The van der Waals surface area contributed by atoms with Crippen LogP contribution < -0.4 is 5.32 Å². The molecular formula is C16H22FN3O2. The highest BCUT2D eigenvalue weighted by Gasteiger charge is 2.21. The van der Waals surface area contributed by atoms with Crippen molar-refractivity contribution in [2.45, 2.75) is 19.9 Å². The third-order valence-electron chi connectivity index (χ3n) is 3.89. The smallest absolute Gasteiger partial charge is 0.232 e. The van der Waals surface area contributed by atoms with Crippen LogP contribution in [0.15, 0.2) is 24.3 Å². The van der Waals surface area contributed by atoms with Gasteiger partial charge in [0.15, 0.2) is 0 Å². The van der Waals surface area contributed by atoms with Crippen LogP contribution in [0.4, 0.5) is 4.39 Å². The van der Waals surface area contributed by atoms with Gasteiger partial charge in [0.25, 0.3) is 0 Å². The van der Waals surface area contributed by atoms with Crippen LogP contribution in [0.2, 0.25) is 0 Å². The summed E-state index contributed by atoms with van der Waals surface area (Å²) in [5.74, 6) is -0.740. The van der Waals surface area contributed by atoms with Gasteiger partial charge in [0, 0.05) is 32.7 Å². The summed E-state index contributed by atoms with van der Waals surface area (Å²) in [5, 5.41) is 2.69. The van der Waals surface area contributed by atoms with Gasteiger partial charge in [-0.2, -0.15) is 0 Å². The number of hydrogen-bond acceptors (Lipinski definition) is 3. The highest BCUT2D eigenvalue weighted by Crippen LogP contribution is 2.05. The van der Waals surface area contributed by atoms with Crippen molar-refractivity contribution in [2.24, 2.45) is 0 Å². The average Bonchev–Trinajstić information content (AvgIpc) is 2.54. The Kier molecular flexibility index (Phi) is 5.89. The summed E-state index contributed by atoms with van der Waals surface area (Å²) in [6.45, 7) is 6.46. The van der Waals surface area contributed by atoms with Gasteiger partial charge in [0.2, 0.25) is 11.8 Å². The van der Waals surface area contributed by atoms with Crippen LogP contribution in [-0.4, -0.2) is 54.3 Å². The molecule has 1 heterocycles. The second-order valence-electron chi connectivity index (χ2n) is 5.40. The first kappa shape index (κ1) is 16.4. The SMILES string of the molecule is CCN1CCN(C(=O)CC(=O)NCc2ccc(F)cc2)CC1. The van der Waals surface area contributed by atoms with Crippen molar-refractivity contribution in [1.82, 2.24) is 15.1 Å². The molecule has 0 aromatic heterocycles. The fourth-order valence-electron chi connectivity index (χ4n) is 2.43. The highest BCUT2D eigenvalue weighted by atomic mass is 19.1. The minimum Gasteiger partial charge on any atom is -0.352 e. The normalized spacial score (nSPS) is 15.6. The number of amides is 2. The number of hydrogen-bond donors (Lipinski definition) is 1. The van der Waals surface area contributed by atoms with Crippen molar-refractivity contribution in [2.75, 3.05) is 32.7 Å². The van der Waals surface area contributed by atoms with E-state index in [4.69, 9.17) is 0 Å². The number of piperazine rings is 1. The molecule has 1 aromatic rings. The Morgan fingerprint density at radius 3 is 2.36 bits per heavy atom. The summed E-state index contributed by atoms with van der Waals surface area (Å²) in [6.07, 6.45) is -0.132. The molecule has 6 heteroatoms. The molecule has 22 heavy (non-hydrogen) atoms. The Morgan fingerprint density at radius 1 is 1.14 bits per heavy atom. The third kappa shape index (κ3) is 4.80. The molecular weight excluding hydrogens is 285 g/mol. The van der Waals surface area contributed by atoms with Gasteiger partial charge in [-0.05, 0) is 24.2 Å². The Labute approximate surface area is 130 Å². The van der Waals surface area contributed by atoms with E-state index in [2.05, 4.69) is 17.1 Å². The zero-order valence-electron chi connectivity index (χ0n) is 12.8. The molecule has 120 valence electrons. The van der Waals surface area contributed by atoms with Gasteiger partial charge in [-0.25, -0.2) is 4.39 Å². The van der Waals surface area contributed by atoms with Crippen LogP contribution >= 0.6 is 0 Å². The summed E-state index contributed by atoms with van der Waals surface area (Å²) in [4.78, 5) is 27.9. The molecule has 0 unspecified atom stereocenters. The van der Waals surface area contributed by atoms with Gasteiger partial charge in [-0.3, -0.25) is 9.59 Å². The number of nitrogens with one attached hydrogen (secondary N) is 1. The summed E-state index contributed by atoms with van der Waals surface area (Å²) >= 11 is 0. The number of rotatable bonds is 5. The van der Waals surface area contributed by atoms with Crippen LogP contribution in [0.3, 0.4) is 0 Å². The van der Waals surface area contributed by atoms with Gasteiger partial charge in [0.05, 0.1) is 0 Å². The fraction of sp³-hybridized carbons (Fsp3) is 0.500. The molecule has 0 saturated carbocycles. The first-order chi connectivity index (χ1) is 10.6. The molecule has 1 aliphatic heterocycles. The van der Waals surface area contributed by atoms with Crippen molar-refractivity contribution < 1.29 is 14.0 Å². The van der Waals surface area contributed by atoms with E-state index in [0.29, 0.717) is 19.6 Å². The van der Waals surface area contributed by atoms with Gasteiger partial charge in [-0.1, -0.05) is 19.1 Å². The Hall–Kier alpha value is -1.95. The maximum atomic E-state index is 12.8. The van der Waals surface area contributed by atoms with Crippen molar-refractivity contribution in [3.8, 4) is 0 Å². The monoisotopic (exact) mass is 307 g/mol. The van der Waals surface area contributed by atoms with E-state index >= 15 is 0 Å². The first-order valence-electron chi connectivity index (χ1n) is 7.59. The lowest BCUT2D eigenvalue weighted by atomic mass is 10.2. The number of nitrogens with zero attached hydrogens (tertiary/aromatic N) is 2. The Morgan fingerprint density at radius 2 is 1.77 bits per heavy atom. The number of carbonyl (C=O) groups is 2. The molecule has 2 rings (SSSR count). The lowest BCUT2D eigenvalue weighted by molar-refractivity contribution is -0.137. The molecule has 5 nitrogen and oxygen atoms in total. The molecule has 0 radical (unpaired) electrons. The molecule has 0 aliphatic carbocycles. The lowest BCUT2D eigenvalue weighted by Crippen LogP contribution is -2.49. The van der Waals surface area contributed by atoms with E-state index in [1.54, 1.807) is 17.0 Å². The average molecular weight is 307 g/mol. The largest absolute Gasteiger partial charge is 0.352 e. The fourth-order valence-corrected chi connectivity index (χ4v) is 2.43. The van der Waals surface area contributed by atoms with Gasteiger partial charge in [-0.15, -0.1) is 0 Å². The summed E-state index contributed by atoms with van der Waals surface area (Å²) in [5.41, 5.74) is 0.804. The predicted octanol–water partition coefficient (Wildman–Crippen LogP) is 0.996. The third-order valence-corrected chi connectivity index (χ3v) is 3.89. The zero-order chi connectivity index (χ0) is 15.9. The van der Waals surface area contributed by atoms with E-state index in [1.807, 2.05) is 0 Å². The quantitative estimate of drug-likeness (QED) is 0.826. The molecule has 1 aromatic carbocycles. The molecule has 2 amide bonds. The molecule has 1 fully saturated rings. The number of halogens is 1. The number of likely N-dealkylation sites (N-methyl/N-ethyl adjacent to an activating group) is 1. The second kappa shape index (κ2) is 7.89. The summed E-state index contributed by atoms with van der Waals surface area (Å²) < 4.78 is 12.8. The molecule has 1 N–H and O–H groups in total. The van der Waals surface area contributed by atoms with E-state index in [-0.39, 0.29) is 24.1 Å². The van der Waals surface area contributed by atoms with Crippen molar-refractivity contribution in [1.29, 1.82) is 0 Å². The first-order valence-corrected chi connectivity index (χ1v) is 7.59. The Bertz CT molecular complexity index is 511. The minimum atomic E-state index is -0.309. The minimum absolute atomic E-state index is 0.132. The van der Waals surface area contributed by atoms with Crippen molar-refractivity contribution in [3.05, 3.63) is 35.6 Å². The number of benzene rings is 1. The maximum Gasteiger partial charge on any atom is 0.232 e. The van der Waals surface area contributed by atoms with Crippen LogP contribution in [-0.2, 0) is 16.1 Å². The van der Waals surface area contributed by atoms with Gasteiger partial charge in [0.1, 0.15) is 12.2 Å². The van der Waals surface area contributed by atoms with E-state index < -0.39 is 0 Å². The summed E-state index contributed by atoms with van der Waals surface area (Å²) in [6, 6.07) is 5.92. The molecule has 0 atom stereocenters. The van der Waals surface area contributed by atoms with Gasteiger partial charge < -0.3 is 15.1 Å². The molecule has 1 saturated heterocycles.